The largest absolute Gasteiger partial charge is 0.377 e. The molecule has 1 saturated heterocycles. The van der Waals surface area contributed by atoms with Gasteiger partial charge in [-0.15, -0.1) is 0 Å². The van der Waals surface area contributed by atoms with Crippen molar-refractivity contribution in [2.75, 3.05) is 19.8 Å². The third kappa shape index (κ3) is 2.23. The lowest BCUT2D eigenvalue weighted by molar-refractivity contribution is -0.144. The number of carbonyl (C=O) groups is 1. The molecule has 3 atom stereocenters. The number of rotatable bonds is 2. The number of hydrogen-bond donors (Lipinski definition) is 1. The standard InChI is InChI=1S/C12H22N2O2/c1-2-9-8-16-7-6-14(9)12(15)10-4-3-5-11(10)13/h9-11H,2-8,13H2,1H3. The number of ether oxygens (including phenoxy) is 1. The van der Waals surface area contributed by atoms with Crippen molar-refractivity contribution in [3.8, 4) is 0 Å². The number of nitrogens with two attached hydrogens (primary N) is 1. The molecule has 16 heavy (non-hydrogen) atoms. The van der Waals surface area contributed by atoms with E-state index in [1.165, 1.54) is 0 Å². The van der Waals surface area contributed by atoms with E-state index in [1.54, 1.807) is 0 Å². The number of carbonyl (C=O) groups excluding carboxylic acids is 1. The van der Waals surface area contributed by atoms with Crippen LogP contribution in [0.25, 0.3) is 0 Å². The minimum atomic E-state index is 0.0622. The van der Waals surface area contributed by atoms with E-state index in [1.807, 2.05) is 4.90 Å². The predicted octanol–water partition coefficient (Wildman–Crippen LogP) is 0.751. The lowest BCUT2D eigenvalue weighted by atomic mass is 10.0. The Morgan fingerprint density at radius 3 is 2.94 bits per heavy atom. The van der Waals surface area contributed by atoms with E-state index in [2.05, 4.69) is 6.92 Å². The van der Waals surface area contributed by atoms with Gasteiger partial charge in [0.05, 0.1) is 25.2 Å². The summed E-state index contributed by atoms with van der Waals surface area (Å²) < 4.78 is 5.42. The smallest absolute Gasteiger partial charge is 0.227 e. The minimum absolute atomic E-state index is 0.0622. The summed E-state index contributed by atoms with van der Waals surface area (Å²) in [6, 6.07) is 0.335. The van der Waals surface area contributed by atoms with Crippen LogP contribution in [0.3, 0.4) is 0 Å². The maximum atomic E-state index is 12.4. The predicted molar refractivity (Wildman–Crippen MR) is 61.9 cm³/mol. The molecule has 2 rings (SSSR count). The zero-order chi connectivity index (χ0) is 11.5. The van der Waals surface area contributed by atoms with Gasteiger partial charge in [-0.2, -0.15) is 0 Å². The molecule has 0 aromatic carbocycles. The fraction of sp³-hybridized carbons (Fsp3) is 0.917. The molecule has 4 heteroatoms. The number of amides is 1. The van der Waals surface area contributed by atoms with Crippen molar-refractivity contribution in [3.05, 3.63) is 0 Å². The molecular formula is C12H22N2O2. The third-order valence-electron chi connectivity index (χ3n) is 3.87. The van der Waals surface area contributed by atoms with Crippen molar-refractivity contribution in [2.45, 2.75) is 44.7 Å². The van der Waals surface area contributed by atoms with Gasteiger partial charge in [0.1, 0.15) is 0 Å². The molecule has 1 amide bonds. The summed E-state index contributed by atoms with van der Waals surface area (Å²) in [5, 5.41) is 0. The van der Waals surface area contributed by atoms with Crippen LogP contribution < -0.4 is 5.73 Å². The second-order valence-corrected chi connectivity index (χ2v) is 4.87. The van der Waals surface area contributed by atoms with Crippen molar-refractivity contribution < 1.29 is 9.53 Å². The molecule has 2 fully saturated rings. The second kappa shape index (κ2) is 5.15. The van der Waals surface area contributed by atoms with E-state index < -0.39 is 0 Å². The first-order chi connectivity index (χ1) is 7.74. The lowest BCUT2D eigenvalue weighted by Crippen LogP contribution is -2.52. The van der Waals surface area contributed by atoms with Crippen LogP contribution in [-0.4, -0.2) is 42.6 Å². The molecule has 2 N–H and O–H groups in total. The summed E-state index contributed by atoms with van der Waals surface area (Å²) in [6.45, 7) is 4.20. The zero-order valence-corrected chi connectivity index (χ0v) is 10.0. The quantitative estimate of drug-likeness (QED) is 0.756. The van der Waals surface area contributed by atoms with Crippen LogP contribution in [0.1, 0.15) is 32.6 Å². The molecule has 1 saturated carbocycles. The third-order valence-corrected chi connectivity index (χ3v) is 3.87. The molecule has 1 aliphatic carbocycles. The number of morpholine rings is 1. The average Bonchev–Trinajstić information content (AvgIpc) is 2.74. The normalized spacial score (nSPS) is 35.4. The number of hydrogen-bond acceptors (Lipinski definition) is 3. The summed E-state index contributed by atoms with van der Waals surface area (Å²) in [6.07, 6.45) is 4.03. The Morgan fingerprint density at radius 1 is 1.50 bits per heavy atom. The van der Waals surface area contributed by atoms with Crippen LogP contribution in [0.5, 0.6) is 0 Å². The van der Waals surface area contributed by atoms with Gasteiger partial charge in [0, 0.05) is 12.6 Å². The Balaban J connectivity index is 2.01. The van der Waals surface area contributed by atoms with E-state index in [-0.39, 0.29) is 23.9 Å². The van der Waals surface area contributed by atoms with Crippen molar-refractivity contribution >= 4 is 5.91 Å². The van der Waals surface area contributed by atoms with Crippen LogP contribution in [0.2, 0.25) is 0 Å². The van der Waals surface area contributed by atoms with Crippen molar-refractivity contribution in [2.24, 2.45) is 11.7 Å². The molecule has 2 aliphatic rings. The van der Waals surface area contributed by atoms with Crippen LogP contribution in [0.15, 0.2) is 0 Å². The van der Waals surface area contributed by atoms with Gasteiger partial charge in [0.2, 0.25) is 5.91 Å². The highest BCUT2D eigenvalue weighted by atomic mass is 16.5. The fourth-order valence-electron chi connectivity index (χ4n) is 2.79. The minimum Gasteiger partial charge on any atom is -0.377 e. The SMILES string of the molecule is CCC1COCCN1C(=O)C1CCCC1N. The molecule has 4 nitrogen and oxygen atoms in total. The van der Waals surface area contributed by atoms with Gasteiger partial charge in [-0.3, -0.25) is 4.79 Å². The molecule has 1 heterocycles. The first-order valence-electron chi connectivity index (χ1n) is 6.37. The van der Waals surface area contributed by atoms with E-state index >= 15 is 0 Å². The summed E-state index contributed by atoms with van der Waals surface area (Å²) in [5.41, 5.74) is 5.99. The summed E-state index contributed by atoms with van der Waals surface area (Å²) >= 11 is 0. The van der Waals surface area contributed by atoms with E-state index in [4.69, 9.17) is 10.5 Å². The average molecular weight is 226 g/mol. The molecule has 0 aromatic rings. The molecular weight excluding hydrogens is 204 g/mol. The second-order valence-electron chi connectivity index (χ2n) is 4.87. The molecule has 0 aromatic heterocycles. The van der Waals surface area contributed by atoms with Crippen molar-refractivity contribution in [3.63, 3.8) is 0 Å². The molecule has 3 unspecified atom stereocenters. The number of nitrogens with zero attached hydrogens (tertiary/aromatic N) is 1. The Hall–Kier alpha value is -0.610. The Kier molecular flexibility index (Phi) is 3.82. The van der Waals surface area contributed by atoms with Crippen LogP contribution in [-0.2, 0) is 9.53 Å². The Labute approximate surface area is 97.1 Å². The van der Waals surface area contributed by atoms with Gasteiger partial charge in [-0.25, -0.2) is 0 Å². The summed E-state index contributed by atoms with van der Waals surface area (Å²) in [5.74, 6) is 0.326. The van der Waals surface area contributed by atoms with Crippen LogP contribution >= 0.6 is 0 Å². The van der Waals surface area contributed by atoms with Gasteiger partial charge < -0.3 is 15.4 Å². The van der Waals surface area contributed by atoms with E-state index in [9.17, 15) is 4.79 Å². The zero-order valence-electron chi connectivity index (χ0n) is 10.0. The highest BCUT2D eigenvalue weighted by Crippen LogP contribution is 2.27. The van der Waals surface area contributed by atoms with Gasteiger partial charge in [0.25, 0.3) is 0 Å². The van der Waals surface area contributed by atoms with E-state index in [0.29, 0.717) is 13.2 Å². The molecule has 0 spiro atoms. The molecule has 1 aliphatic heterocycles. The lowest BCUT2D eigenvalue weighted by Gasteiger charge is -2.37. The summed E-state index contributed by atoms with van der Waals surface area (Å²) in [4.78, 5) is 14.4. The highest BCUT2D eigenvalue weighted by molar-refractivity contribution is 5.80. The highest BCUT2D eigenvalue weighted by Gasteiger charge is 2.36. The topological polar surface area (TPSA) is 55.6 Å². The van der Waals surface area contributed by atoms with E-state index in [0.717, 1.165) is 32.2 Å². The van der Waals surface area contributed by atoms with Gasteiger partial charge in [-0.05, 0) is 19.3 Å². The first-order valence-corrected chi connectivity index (χ1v) is 6.37. The maximum Gasteiger partial charge on any atom is 0.227 e. The fourth-order valence-corrected chi connectivity index (χ4v) is 2.79. The van der Waals surface area contributed by atoms with Crippen LogP contribution in [0, 0.1) is 5.92 Å². The van der Waals surface area contributed by atoms with Crippen LogP contribution in [0.4, 0.5) is 0 Å². The maximum absolute atomic E-state index is 12.4. The van der Waals surface area contributed by atoms with Gasteiger partial charge in [0.15, 0.2) is 0 Å². The molecule has 0 bridgehead atoms. The van der Waals surface area contributed by atoms with Crippen molar-refractivity contribution in [1.82, 2.24) is 4.90 Å². The van der Waals surface area contributed by atoms with Gasteiger partial charge in [-0.1, -0.05) is 13.3 Å². The van der Waals surface area contributed by atoms with Crippen molar-refractivity contribution in [1.29, 1.82) is 0 Å². The molecule has 92 valence electrons. The first kappa shape index (κ1) is 11.9. The Bertz CT molecular complexity index is 257. The summed E-state index contributed by atoms with van der Waals surface area (Å²) in [7, 11) is 0. The molecule has 0 radical (unpaired) electrons. The Morgan fingerprint density at radius 2 is 2.31 bits per heavy atom. The van der Waals surface area contributed by atoms with Gasteiger partial charge >= 0.3 is 0 Å². The monoisotopic (exact) mass is 226 g/mol.